The molecule has 0 bridgehead atoms. The average molecular weight is 264 g/mol. The van der Waals surface area contributed by atoms with Crippen molar-refractivity contribution < 1.29 is 4.74 Å². The van der Waals surface area contributed by atoms with Crippen LogP contribution in [0.15, 0.2) is 6.20 Å². The molecule has 0 unspecified atom stereocenters. The van der Waals surface area contributed by atoms with Crippen molar-refractivity contribution in [2.24, 2.45) is 5.92 Å². The van der Waals surface area contributed by atoms with Gasteiger partial charge in [-0.05, 0) is 32.1 Å². The molecular weight excluding hydrogens is 240 g/mol. The average Bonchev–Trinajstić information content (AvgIpc) is 2.46. The molecule has 1 aliphatic rings. The van der Waals surface area contributed by atoms with Crippen LogP contribution in [0, 0.1) is 12.8 Å². The van der Waals surface area contributed by atoms with Crippen molar-refractivity contribution in [2.75, 3.05) is 36.9 Å². The first-order valence-electron chi connectivity index (χ1n) is 7.18. The molecule has 2 rings (SSSR count). The van der Waals surface area contributed by atoms with Crippen molar-refractivity contribution in [3.8, 4) is 0 Å². The minimum atomic E-state index is 0.690. The Morgan fingerprint density at radius 2 is 2.11 bits per heavy atom. The van der Waals surface area contributed by atoms with Crippen LogP contribution in [0.2, 0.25) is 0 Å². The first-order valence-corrected chi connectivity index (χ1v) is 7.18. The number of anilines is 2. The largest absolute Gasteiger partial charge is 0.381 e. The molecule has 0 saturated carbocycles. The maximum atomic E-state index is 5.38. The van der Waals surface area contributed by atoms with E-state index in [2.05, 4.69) is 27.5 Å². The maximum Gasteiger partial charge on any atom is 0.224 e. The molecule has 2 heterocycles. The van der Waals surface area contributed by atoms with E-state index < -0.39 is 0 Å². The van der Waals surface area contributed by atoms with Gasteiger partial charge in [0.05, 0.1) is 0 Å². The van der Waals surface area contributed by atoms with Gasteiger partial charge in [-0.2, -0.15) is 4.98 Å². The number of aryl methyl sites for hydroxylation is 1. The Labute approximate surface area is 115 Å². The zero-order valence-corrected chi connectivity index (χ0v) is 11.9. The fourth-order valence-electron chi connectivity index (χ4n) is 2.13. The monoisotopic (exact) mass is 264 g/mol. The summed E-state index contributed by atoms with van der Waals surface area (Å²) in [5.41, 5.74) is 1.09. The lowest BCUT2D eigenvalue weighted by Crippen LogP contribution is -2.23. The van der Waals surface area contributed by atoms with E-state index in [1.807, 2.05) is 13.1 Å². The lowest BCUT2D eigenvalue weighted by atomic mass is 10.0. The molecule has 2 N–H and O–H groups in total. The lowest BCUT2D eigenvalue weighted by molar-refractivity contribution is 0.0699. The van der Waals surface area contributed by atoms with Crippen molar-refractivity contribution >= 4 is 11.8 Å². The number of nitrogens with one attached hydrogen (secondary N) is 2. The van der Waals surface area contributed by atoms with E-state index in [0.29, 0.717) is 11.9 Å². The third-order valence-electron chi connectivity index (χ3n) is 3.40. The van der Waals surface area contributed by atoms with Crippen LogP contribution >= 0.6 is 0 Å². The van der Waals surface area contributed by atoms with Crippen LogP contribution in [0.4, 0.5) is 11.8 Å². The summed E-state index contributed by atoms with van der Waals surface area (Å²) in [5.74, 6) is 2.34. The molecule has 5 heteroatoms. The van der Waals surface area contributed by atoms with Gasteiger partial charge < -0.3 is 15.4 Å². The number of nitrogens with zero attached hydrogens (tertiary/aromatic N) is 2. The first-order chi connectivity index (χ1) is 9.29. The Morgan fingerprint density at radius 3 is 2.84 bits per heavy atom. The Bertz CT molecular complexity index is 391. The van der Waals surface area contributed by atoms with E-state index in [1.54, 1.807) is 0 Å². The Kier molecular flexibility index (Phi) is 5.39. The molecule has 0 amide bonds. The van der Waals surface area contributed by atoms with Gasteiger partial charge in [-0.1, -0.05) is 6.92 Å². The molecule has 1 saturated heterocycles. The highest BCUT2D eigenvalue weighted by Crippen LogP contribution is 2.17. The smallest absolute Gasteiger partial charge is 0.224 e. The van der Waals surface area contributed by atoms with Crippen LogP contribution in [0.1, 0.15) is 31.7 Å². The van der Waals surface area contributed by atoms with Gasteiger partial charge in [0, 0.05) is 38.1 Å². The van der Waals surface area contributed by atoms with Crippen LogP contribution in [0.25, 0.3) is 0 Å². The van der Waals surface area contributed by atoms with Gasteiger partial charge in [-0.25, -0.2) is 4.98 Å². The normalized spacial score (nSPS) is 16.3. The molecule has 0 aromatic carbocycles. The highest BCUT2D eigenvalue weighted by atomic mass is 16.5. The first kappa shape index (κ1) is 14.1. The van der Waals surface area contributed by atoms with Crippen molar-refractivity contribution in [1.29, 1.82) is 0 Å². The van der Waals surface area contributed by atoms with Gasteiger partial charge in [-0.15, -0.1) is 0 Å². The van der Waals surface area contributed by atoms with Gasteiger partial charge in [-0.3, -0.25) is 0 Å². The summed E-state index contributed by atoms with van der Waals surface area (Å²) in [6.07, 6.45) is 5.22. The minimum absolute atomic E-state index is 0.690. The highest BCUT2D eigenvalue weighted by Gasteiger charge is 2.14. The van der Waals surface area contributed by atoms with E-state index in [1.165, 1.54) is 0 Å². The standard InChI is InChI=1S/C14H24N4O/c1-3-6-15-14-17-9-11(2)13(18-14)16-10-12-4-7-19-8-5-12/h9,12H,3-8,10H2,1-2H3,(H2,15,16,17,18). The molecule has 106 valence electrons. The van der Waals surface area contributed by atoms with Crippen molar-refractivity contribution in [2.45, 2.75) is 33.1 Å². The summed E-state index contributed by atoms with van der Waals surface area (Å²) >= 11 is 0. The van der Waals surface area contributed by atoms with Crippen molar-refractivity contribution in [1.82, 2.24) is 9.97 Å². The second kappa shape index (κ2) is 7.28. The lowest BCUT2D eigenvalue weighted by Gasteiger charge is -2.22. The van der Waals surface area contributed by atoms with E-state index in [9.17, 15) is 0 Å². The van der Waals surface area contributed by atoms with Crippen molar-refractivity contribution in [3.05, 3.63) is 11.8 Å². The summed E-state index contributed by atoms with van der Waals surface area (Å²) in [6, 6.07) is 0. The Hall–Kier alpha value is -1.36. The molecule has 0 atom stereocenters. The van der Waals surface area contributed by atoms with Gasteiger partial charge in [0.25, 0.3) is 0 Å². The van der Waals surface area contributed by atoms with Crippen molar-refractivity contribution in [3.63, 3.8) is 0 Å². The zero-order valence-electron chi connectivity index (χ0n) is 11.9. The van der Waals surface area contributed by atoms with Crippen LogP contribution in [-0.4, -0.2) is 36.3 Å². The summed E-state index contributed by atoms with van der Waals surface area (Å²) < 4.78 is 5.38. The van der Waals surface area contributed by atoms with Crippen LogP contribution in [0.5, 0.6) is 0 Å². The predicted octanol–water partition coefficient (Wildman–Crippen LogP) is 2.45. The van der Waals surface area contributed by atoms with Gasteiger partial charge in [0.2, 0.25) is 5.95 Å². The van der Waals surface area contributed by atoms with Crippen LogP contribution < -0.4 is 10.6 Å². The summed E-state index contributed by atoms with van der Waals surface area (Å²) in [4.78, 5) is 8.82. The molecule has 1 aliphatic heterocycles. The quantitative estimate of drug-likeness (QED) is 0.826. The van der Waals surface area contributed by atoms with Crippen LogP contribution in [-0.2, 0) is 4.74 Å². The molecule has 5 nitrogen and oxygen atoms in total. The molecule has 0 radical (unpaired) electrons. The second-order valence-corrected chi connectivity index (χ2v) is 5.09. The van der Waals surface area contributed by atoms with Gasteiger partial charge >= 0.3 is 0 Å². The second-order valence-electron chi connectivity index (χ2n) is 5.09. The summed E-state index contributed by atoms with van der Waals surface area (Å²) in [5, 5.41) is 6.67. The molecular formula is C14H24N4O. The number of ether oxygens (including phenoxy) is 1. The Morgan fingerprint density at radius 1 is 1.32 bits per heavy atom. The highest BCUT2D eigenvalue weighted by molar-refractivity contribution is 5.46. The van der Waals surface area contributed by atoms with E-state index in [4.69, 9.17) is 4.74 Å². The number of hydrogen-bond donors (Lipinski definition) is 2. The topological polar surface area (TPSA) is 59.1 Å². The van der Waals surface area contributed by atoms with Crippen LogP contribution in [0.3, 0.4) is 0 Å². The zero-order chi connectivity index (χ0) is 13.5. The SMILES string of the molecule is CCCNc1ncc(C)c(NCC2CCOCC2)n1. The summed E-state index contributed by atoms with van der Waals surface area (Å²) in [6.45, 7) is 7.81. The Balaban J connectivity index is 1.90. The fraction of sp³-hybridized carbons (Fsp3) is 0.714. The minimum Gasteiger partial charge on any atom is -0.381 e. The van der Waals surface area contributed by atoms with Gasteiger partial charge in [0.1, 0.15) is 5.82 Å². The predicted molar refractivity (Wildman–Crippen MR) is 77.6 cm³/mol. The van der Waals surface area contributed by atoms with E-state index in [-0.39, 0.29) is 0 Å². The molecule has 19 heavy (non-hydrogen) atoms. The maximum absolute atomic E-state index is 5.38. The van der Waals surface area contributed by atoms with Gasteiger partial charge in [0.15, 0.2) is 0 Å². The number of rotatable bonds is 6. The molecule has 1 fully saturated rings. The molecule has 0 aliphatic carbocycles. The van der Waals surface area contributed by atoms with E-state index in [0.717, 1.165) is 56.9 Å². The summed E-state index contributed by atoms with van der Waals surface area (Å²) in [7, 11) is 0. The number of hydrogen-bond acceptors (Lipinski definition) is 5. The number of aromatic nitrogens is 2. The molecule has 0 spiro atoms. The molecule has 1 aromatic heterocycles. The molecule has 1 aromatic rings. The third kappa shape index (κ3) is 4.35. The van der Waals surface area contributed by atoms with E-state index >= 15 is 0 Å². The fourth-order valence-corrected chi connectivity index (χ4v) is 2.13. The third-order valence-corrected chi connectivity index (χ3v) is 3.40.